The molecule has 0 aromatic rings. The average molecular weight is 124 g/mol. The molecular formula is C7H8O2. The molecule has 0 amide bonds. The molecule has 1 heterocycles. The molecule has 0 saturated carbocycles. The molecule has 0 radical (unpaired) electrons. The Morgan fingerprint density at radius 3 is 3.22 bits per heavy atom. The minimum atomic E-state index is -0.0336. The summed E-state index contributed by atoms with van der Waals surface area (Å²) in [4.78, 5) is 10.8. The van der Waals surface area contributed by atoms with Gasteiger partial charge in [-0.1, -0.05) is 12.2 Å². The Kier molecular flexibility index (Phi) is 0.891. The summed E-state index contributed by atoms with van der Waals surface area (Å²) < 4.78 is 4.98. The Hall–Kier alpha value is -0.790. The summed E-state index contributed by atoms with van der Waals surface area (Å²) >= 11 is 0. The number of esters is 1. The van der Waals surface area contributed by atoms with Gasteiger partial charge in [0.25, 0.3) is 0 Å². The van der Waals surface area contributed by atoms with Crippen LogP contribution in [-0.4, -0.2) is 12.1 Å². The van der Waals surface area contributed by atoms with Crippen molar-refractivity contribution in [1.82, 2.24) is 0 Å². The van der Waals surface area contributed by atoms with Gasteiger partial charge in [0.15, 0.2) is 0 Å². The molecule has 1 unspecified atom stereocenters. The third kappa shape index (κ3) is 0.661. The van der Waals surface area contributed by atoms with Crippen LogP contribution >= 0.6 is 0 Å². The smallest absolute Gasteiger partial charge is 0.313 e. The fourth-order valence-corrected chi connectivity index (χ4v) is 1.38. The fraction of sp³-hybridized carbons (Fsp3) is 0.571. The molecule has 2 bridgehead atoms. The SMILES string of the molecule is O=C1O[C@H]2CC=CC1C2. The van der Waals surface area contributed by atoms with Crippen molar-refractivity contribution in [3.05, 3.63) is 12.2 Å². The first-order chi connectivity index (χ1) is 4.36. The van der Waals surface area contributed by atoms with E-state index in [-0.39, 0.29) is 18.0 Å². The van der Waals surface area contributed by atoms with Crippen molar-refractivity contribution in [3.63, 3.8) is 0 Å². The number of carbonyl (C=O) groups excluding carboxylic acids is 1. The van der Waals surface area contributed by atoms with Crippen LogP contribution < -0.4 is 0 Å². The topological polar surface area (TPSA) is 26.3 Å². The van der Waals surface area contributed by atoms with Crippen molar-refractivity contribution in [2.75, 3.05) is 0 Å². The molecule has 0 N–H and O–H groups in total. The molecule has 2 aliphatic rings. The lowest BCUT2D eigenvalue weighted by atomic mass is 9.97. The average Bonchev–Trinajstić information content (AvgIpc) is 2.09. The van der Waals surface area contributed by atoms with Gasteiger partial charge in [0.05, 0.1) is 5.92 Å². The highest BCUT2D eigenvalue weighted by Gasteiger charge is 2.34. The molecule has 1 fully saturated rings. The molecule has 1 saturated heterocycles. The molecule has 48 valence electrons. The Morgan fingerprint density at radius 1 is 1.67 bits per heavy atom. The summed E-state index contributed by atoms with van der Waals surface area (Å²) in [5.41, 5.74) is 0. The van der Waals surface area contributed by atoms with Crippen LogP contribution in [0.3, 0.4) is 0 Å². The zero-order chi connectivity index (χ0) is 6.27. The van der Waals surface area contributed by atoms with Crippen LogP contribution in [0.4, 0.5) is 0 Å². The highest BCUT2D eigenvalue weighted by atomic mass is 16.5. The zero-order valence-electron chi connectivity index (χ0n) is 5.04. The summed E-state index contributed by atoms with van der Waals surface area (Å²) in [7, 11) is 0. The van der Waals surface area contributed by atoms with Gasteiger partial charge in [-0.25, -0.2) is 0 Å². The Morgan fingerprint density at radius 2 is 2.56 bits per heavy atom. The van der Waals surface area contributed by atoms with Gasteiger partial charge in [0.2, 0.25) is 0 Å². The highest BCUT2D eigenvalue weighted by Crippen LogP contribution is 2.28. The van der Waals surface area contributed by atoms with E-state index in [0.29, 0.717) is 0 Å². The lowest BCUT2D eigenvalue weighted by Gasteiger charge is -2.06. The minimum Gasteiger partial charge on any atom is -0.462 e. The zero-order valence-corrected chi connectivity index (χ0v) is 5.04. The second kappa shape index (κ2) is 1.59. The van der Waals surface area contributed by atoms with E-state index in [0.717, 1.165) is 12.8 Å². The third-order valence-corrected chi connectivity index (χ3v) is 1.87. The Bertz CT molecular complexity index is 172. The van der Waals surface area contributed by atoms with E-state index < -0.39 is 0 Å². The standard InChI is InChI=1S/C7H8O2/c8-7-5-2-1-3-6(4-5)9-7/h1-2,5-6H,3-4H2/t5?,6-/m0/s1. The second-order valence-corrected chi connectivity index (χ2v) is 2.56. The van der Waals surface area contributed by atoms with Crippen LogP contribution in [0.1, 0.15) is 12.8 Å². The summed E-state index contributed by atoms with van der Waals surface area (Å²) in [5, 5.41) is 0. The van der Waals surface area contributed by atoms with E-state index in [4.69, 9.17) is 4.74 Å². The molecule has 2 nitrogen and oxygen atoms in total. The highest BCUT2D eigenvalue weighted by molar-refractivity contribution is 5.77. The largest absolute Gasteiger partial charge is 0.462 e. The van der Waals surface area contributed by atoms with Crippen LogP contribution in [0, 0.1) is 5.92 Å². The van der Waals surface area contributed by atoms with Crippen LogP contribution in [0.5, 0.6) is 0 Å². The van der Waals surface area contributed by atoms with Crippen LogP contribution in [0.15, 0.2) is 12.2 Å². The van der Waals surface area contributed by atoms with E-state index in [2.05, 4.69) is 0 Å². The van der Waals surface area contributed by atoms with Crippen molar-refractivity contribution in [1.29, 1.82) is 0 Å². The Labute approximate surface area is 53.5 Å². The van der Waals surface area contributed by atoms with E-state index in [1.165, 1.54) is 0 Å². The van der Waals surface area contributed by atoms with Crippen molar-refractivity contribution in [2.24, 2.45) is 5.92 Å². The maximum Gasteiger partial charge on any atom is 0.313 e. The number of ether oxygens (including phenoxy) is 1. The molecule has 2 rings (SSSR count). The van der Waals surface area contributed by atoms with Gasteiger partial charge >= 0.3 is 5.97 Å². The van der Waals surface area contributed by atoms with Crippen LogP contribution in [0.25, 0.3) is 0 Å². The monoisotopic (exact) mass is 124 g/mol. The van der Waals surface area contributed by atoms with Crippen molar-refractivity contribution in [2.45, 2.75) is 18.9 Å². The summed E-state index contributed by atoms with van der Waals surface area (Å²) in [6.45, 7) is 0. The van der Waals surface area contributed by atoms with E-state index in [1.807, 2.05) is 12.2 Å². The molecule has 0 spiro atoms. The molecule has 2 atom stereocenters. The number of rotatable bonds is 0. The number of hydrogen-bond donors (Lipinski definition) is 0. The molecule has 0 aromatic heterocycles. The molecule has 2 heteroatoms. The van der Waals surface area contributed by atoms with Gasteiger partial charge in [-0.05, 0) is 0 Å². The lowest BCUT2D eigenvalue weighted by molar-refractivity contribution is -0.142. The summed E-state index contributed by atoms with van der Waals surface area (Å²) in [5.74, 6) is 0.0532. The minimum absolute atomic E-state index is 0.0336. The molecule has 1 aliphatic carbocycles. The number of fused-ring (bicyclic) bond motifs is 2. The van der Waals surface area contributed by atoms with Crippen molar-refractivity contribution in [3.8, 4) is 0 Å². The summed E-state index contributed by atoms with van der Waals surface area (Å²) in [6, 6.07) is 0. The fourth-order valence-electron chi connectivity index (χ4n) is 1.38. The quantitative estimate of drug-likeness (QED) is 0.354. The normalized spacial score (nSPS) is 38.9. The first-order valence-corrected chi connectivity index (χ1v) is 3.23. The molecule has 0 aromatic carbocycles. The van der Waals surface area contributed by atoms with Crippen molar-refractivity contribution >= 4 is 5.97 Å². The Balaban J connectivity index is 2.27. The van der Waals surface area contributed by atoms with E-state index in [9.17, 15) is 4.79 Å². The van der Waals surface area contributed by atoms with Gasteiger partial charge in [0.1, 0.15) is 6.10 Å². The van der Waals surface area contributed by atoms with Crippen molar-refractivity contribution < 1.29 is 9.53 Å². The lowest BCUT2D eigenvalue weighted by Crippen LogP contribution is -2.05. The number of carbonyl (C=O) groups is 1. The first-order valence-electron chi connectivity index (χ1n) is 3.23. The van der Waals surface area contributed by atoms with Gasteiger partial charge in [0, 0.05) is 12.8 Å². The van der Waals surface area contributed by atoms with E-state index in [1.54, 1.807) is 0 Å². The van der Waals surface area contributed by atoms with Crippen LogP contribution in [-0.2, 0) is 9.53 Å². The first kappa shape index (κ1) is 5.03. The summed E-state index contributed by atoms with van der Waals surface area (Å²) in [6.07, 6.45) is 6.01. The second-order valence-electron chi connectivity index (χ2n) is 2.56. The maximum absolute atomic E-state index is 10.8. The number of hydrogen-bond acceptors (Lipinski definition) is 2. The van der Waals surface area contributed by atoms with Gasteiger partial charge in [-0.2, -0.15) is 0 Å². The van der Waals surface area contributed by atoms with Gasteiger partial charge in [-0.3, -0.25) is 4.79 Å². The predicted octanol–water partition coefficient (Wildman–Crippen LogP) is 0.878. The van der Waals surface area contributed by atoms with Crippen LogP contribution in [0.2, 0.25) is 0 Å². The predicted molar refractivity (Wildman–Crippen MR) is 31.7 cm³/mol. The molecular weight excluding hydrogens is 116 g/mol. The molecule has 1 aliphatic heterocycles. The van der Waals surface area contributed by atoms with E-state index >= 15 is 0 Å². The van der Waals surface area contributed by atoms with Gasteiger partial charge in [-0.15, -0.1) is 0 Å². The van der Waals surface area contributed by atoms with Gasteiger partial charge < -0.3 is 4.74 Å². The third-order valence-electron chi connectivity index (χ3n) is 1.87. The molecule has 9 heavy (non-hydrogen) atoms. The maximum atomic E-state index is 10.8.